The molecule has 1 aliphatic heterocycles. The van der Waals surface area contributed by atoms with Crippen LogP contribution in [0.3, 0.4) is 0 Å². The number of rotatable bonds is 4. The van der Waals surface area contributed by atoms with E-state index in [0.29, 0.717) is 12.5 Å². The van der Waals surface area contributed by atoms with E-state index >= 15 is 0 Å². The Morgan fingerprint density at radius 3 is 2.72 bits per heavy atom. The highest BCUT2D eigenvalue weighted by Gasteiger charge is 2.27. The number of nitrogens with one attached hydrogen (secondary N) is 1. The molecule has 0 aromatic heterocycles. The molecule has 0 radical (unpaired) electrons. The molecule has 1 fully saturated rings. The van der Waals surface area contributed by atoms with Crippen molar-refractivity contribution in [3.63, 3.8) is 0 Å². The molecule has 0 spiro atoms. The molecule has 1 aliphatic rings. The lowest BCUT2D eigenvalue weighted by Crippen LogP contribution is -2.48. The summed E-state index contributed by atoms with van der Waals surface area (Å²) in [7, 11) is 2.10. The van der Waals surface area contributed by atoms with E-state index in [2.05, 4.69) is 48.5 Å². The number of amides is 1. The van der Waals surface area contributed by atoms with Gasteiger partial charge < -0.3 is 15.0 Å². The Bertz CT molecular complexity index is 702. The molecule has 4 heteroatoms. The molecule has 1 amide bonds. The molecule has 2 unspecified atom stereocenters. The molecule has 1 heterocycles. The van der Waals surface area contributed by atoms with Gasteiger partial charge in [0.25, 0.3) is 0 Å². The smallest absolute Gasteiger partial charge is 0.407 e. The van der Waals surface area contributed by atoms with E-state index in [0.717, 1.165) is 25.1 Å². The summed E-state index contributed by atoms with van der Waals surface area (Å²) in [5, 5.41) is 3.03. The van der Waals surface area contributed by atoms with Crippen LogP contribution in [0.15, 0.2) is 54.6 Å². The fourth-order valence-electron chi connectivity index (χ4n) is 3.52. The van der Waals surface area contributed by atoms with Gasteiger partial charge in [0, 0.05) is 19.1 Å². The molecule has 2 aromatic rings. The normalized spacial score (nSPS) is 20.9. The maximum Gasteiger partial charge on any atom is 0.407 e. The first-order valence-corrected chi connectivity index (χ1v) is 8.82. The molecule has 132 valence electrons. The number of hydrogen-bond acceptors (Lipinski definition) is 3. The van der Waals surface area contributed by atoms with E-state index in [1.54, 1.807) is 0 Å². The van der Waals surface area contributed by atoms with Crippen molar-refractivity contribution in [2.24, 2.45) is 0 Å². The van der Waals surface area contributed by atoms with E-state index in [1.807, 2.05) is 30.3 Å². The third-order valence-electron chi connectivity index (χ3n) is 4.68. The lowest BCUT2D eigenvalue weighted by atomic mass is 9.87. The maximum absolute atomic E-state index is 12.1. The topological polar surface area (TPSA) is 41.6 Å². The molecule has 2 atom stereocenters. The minimum Gasteiger partial charge on any atom is -0.445 e. The average Bonchev–Trinajstić information content (AvgIpc) is 2.60. The van der Waals surface area contributed by atoms with Gasteiger partial charge in [-0.3, -0.25) is 0 Å². The van der Waals surface area contributed by atoms with Gasteiger partial charge in [0.05, 0.1) is 0 Å². The number of likely N-dealkylation sites (tertiary alicyclic amines) is 1. The number of hydrogen-bond donors (Lipinski definition) is 1. The summed E-state index contributed by atoms with van der Waals surface area (Å²) in [4.78, 5) is 14.4. The fraction of sp³-hybridized carbons (Fsp3) is 0.381. The van der Waals surface area contributed by atoms with Gasteiger partial charge in [-0.15, -0.1) is 0 Å². The summed E-state index contributed by atoms with van der Waals surface area (Å²) in [5.74, 6) is 0.429. The van der Waals surface area contributed by atoms with E-state index in [4.69, 9.17) is 4.74 Å². The van der Waals surface area contributed by atoms with Crippen molar-refractivity contribution >= 4 is 6.09 Å². The molecule has 25 heavy (non-hydrogen) atoms. The Morgan fingerprint density at radius 1 is 1.16 bits per heavy atom. The number of carbonyl (C=O) groups excluding carboxylic acids is 1. The molecular weight excluding hydrogens is 312 g/mol. The highest BCUT2D eigenvalue weighted by Crippen LogP contribution is 2.27. The van der Waals surface area contributed by atoms with Crippen molar-refractivity contribution in [3.05, 3.63) is 71.3 Å². The Balaban J connectivity index is 1.55. The highest BCUT2D eigenvalue weighted by molar-refractivity contribution is 5.67. The van der Waals surface area contributed by atoms with Gasteiger partial charge in [-0.2, -0.15) is 0 Å². The molecular formula is C21H26N2O2. The van der Waals surface area contributed by atoms with Crippen LogP contribution < -0.4 is 5.32 Å². The standard InChI is InChI=1S/C21H26N2O2/c1-16-7-6-10-18(11-16)19-12-20(14-23(2)13-19)22-21(24)25-15-17-8-4-3-5-9-17/h3-11,19-20H,12-15H2,1-2H3,(H,22,24). The predicted octanol–water partition coefficient (Wildman–Crippen LogP) is 3.71. The van der Waals surface area contributed by atoms with Gasteiger partial charge in [0.15, 0.2) is 0 Å². The first-order valence-electron chi connectivity index (χ1n) is 8.82. The van der Waals surface area contributed by atoms with Crippen LogP contribution in [0.25, 0.3) is 0 Å². The third kappa shape index (κ3) is 5.07. The van der Waals surface area contributed by atoms with Gasteiger partial charge in [-0.25, -0.2) is 4.79 Å². The van der Waals surface area contributed by atoms with Crippen LogP contribution in [0.5, 0.6) is 0 Å². The molecule has 0 bridgehead atoms. The molecule has 0 aliphatic carbocycles. The van der Waals surface area contributed by atoms with Gasteiger partial charge in [0.1, 0.15) is 6.61 Å². The summed E-state index contributed by atoms with van der Waals surface area (Å²) >= 11 is 0. The number of benzene rings is 2. The zero-order valence-corrected chi connectivity index (χ0v) is 14.9. The average molecular weight is 338 g/mol. The monoisotopic (exact) mass is 338 g/mol. The van der Waals surface area contributed by atoms with E-state index in [1.165, 1.54) is 11.1 Å². The lowest BCUT2D eigenvalue weighted by molar-refractivity contribution is 0.125. The maximum atomic E-state index is 12.1. The number of likely N-dealkylation sites (N-methyl/N-ethyl adjacent to an activating group) is 1. The Morgan fingerprint density at radius 2 is 1.96 bits per heavy atom. The number of ether oxygens (including phenoxy) is 1. The Hall–Kier alpha value is -2.33. The summed E-state index contributed by atoms with van der Waals surface area (Å²) in [6.07, 6.45) is 0.598. The van der Waals surface area contributed by atoms with Crippen LogP contribution in [0, 0.1) is 6.92 Å². The van der Waals surface area contributed by atoms with Crippen molar-refractivity contribution in [3.8, 4) is 0 Å². The van der Waals surface area contributed by atoms with Crippen LogP contribution >= 0.6 is 0 Å². The number of alkyl carbamates (subject to hydrolysis) is 1. The SMILES string of the molecule is Cc1cccc(C2CC(NC(=O)OCc3ccccc3)CN(C)C2)c1. The van der Waals surface area contributed by atoms with Crippen LogP contribution in [-0.2, 0) is 11.3 Å². The number of nitrogens with zero attached hydrogens (tertiary/aromatic N) is 1. The lowest BCUT2D eigenvalue weighted by Gasteiger charge is -2.36. The quantitative estimate of drug-likeness (QED) is 0.924. The molecule has 2 aromatic carbocycles. The van der Waals surface area contributed by atoms with Crippen molar-refractivity contribution < 1.29 is 9.53 Å². The summed E-state index contributed by atoms with van der Waals surface area (Å²) in [6.45, 7) is 4.28. The van der Waals surface area contributed by atoms with Crippen LogP contribution in [0.2, 0.25) is 0 Å². The number of aryl methyl sites for hydroxylation is 1. The fourth-order valence-corrected chi connectivity index (χ4v) is 3.52. The minimum absolute atomic E-state index is 0.104. The first kappa shape index (κ1) is 17.5. The number of piperidine rings is 1. The van der Waals surface area contributed by atoms with Crippen LogP contribution in [0.4, 0.5) is 4.79 Å². The van der Waals surface area contributed by atoms with Crippen LogP contribution in [-0.4, -0.2) is 37.2 Å². The highest BCUT2D eigenvalue weighted by atomic mass is 16.5. The van der Waals surface area contributed by atoms with Gasteiger partial charge >= 0.3 is 6.09 Å². The second kappa shape index (κ2) is 8.17. The Labute approximate surface area is 149 Å². The molecule has 0 saturated carbocycles. The van der Waals surface area contributed by atoms with Crippen molar-refractivity contribution in [2.75, 3.05) is 20.1 Å². The van der Waals surface area contributed by atoms with Crippen molar-refractivity contribution in [1.29, 1.82) is 0 Å². The zero-order chi connectivity index (χ0) is 17.6. The second-order valence-corrected chi connectivity index (χ2v) is 6.97. The molecule has 1 N–H and O–H groups in total. The third-order valence-corrected chi connectivity index (χ3v) is 4.68. The van der Waals surface area contributed by atoms with Crippen molar-refractivity contribution in [1.82, 2.24) is 10.2 Å². The van der Waals surface area contributed by atoms with Gasteiger partial charge in [-0.1, -0.05) is 60.2 Å². The predicted molar refractivity (Wildman–Crippen MR) is 99.6 cm³/mol. The van der Waals surface area contributed by atoms with E-state index < -0.39 is 0 Å². The second-order valence-electron chi connectivity index (χ2n) is 6.97. The molecule has 3 rings (SSSR count). The van der Waals surface area contributed by atoms with Gasteiger partial charge in [0.2, 0.25) is 0 Å². The summed E-state index contributed by atoms with van der Waals surface area (Å²) in [5.41, 5.74) is 3.62. The summed E-state index contributed by atoms with van der Waals surface area (Å²) in [6, 6.07) is 18.5. The molecule has 4 nitrogen and oxygen atoms in total. The molecule has 1 saturated heterocycles. The minimum atomic E-state index is -0.341. The van der Waals surface area contributed by atoms with Gasteiger partial charge in [-0.05, 0) is 37.4 Å². The van der Waals surface area contributed by atoms with Crippen LogP contribution in [0.1, 0.15) is 29.0 Å². The van der Waals surface area contributed by atoms with E-state index in [-0.39, 0.29) is 12.1 Å². The zero-order valence-electron chi connectivity index (χ0n) is 14.9. The van der Waals surface area contributed by atoms with Crippen molar-refractivity contribution in [2.45, 2.75) is 31.9 Å². The number of carbonyl (C=O) groups is 1. The summed E-state index contributed by atoms with van der Waals surface area (Å²) < 4.78 is 5.36. The van der Waals surface area contributed by atoms with E-state index in [9.17, 15) is 4.79 Å². The first-order chi connectivity index (χ1) is 12.1. The largest absolute Gasteiger partial charge is 0.445 e. The Kier molecular flexibility index (Phi) is 5.71.